The van der Waals surface area contributed by atoms with Gasteiger partial charge in [0.1, 0.15) is 12.4 Å². The Hall–Kier alpha value is -2.20. The van der Waals surface area contributed by atoms with E-state index in [2.05, 4.69) is 0 Å². The molecular formula is C15H14ClNO3. The highest BCUT2D eigenvalue weighted by Crippen LogP contribution is 2.19. The molecule has 0 aliphatic rings. The van der Waals surface area contributed by atoms with Crippen molar-refractivity contribution in [3.05, 3.63) is 58.6 Å². The first-order valence-electron chi connectivity index (χ1n) is 5.94. The quantitative estimate of drug-likeness (QED) is 0.693. The largest absolute Gasteiger partial charge is 0.497 e. The predicted octanol–water partition coefficient (Wildman–Crippen LogP) is 3.29. The van der Waals surface area contributed by atoms with Gasteiger partial charge in [-0.05, 0) is 29.8 Å². The van der Waals surface area contributed by atoms with E-state index >= 15 is 0 Å². The van der Waals surface area contributed by atoms with Gasteiger partial charge in [-0.1, -0.05) is 23.7 Å². The number of ether oxygens (including phenoxy) is 2. The number of rotatable bonds is 4. The Balaban J connectivity index is 2.07. The lowest BCUT2D eigenvalue weighted by Crippen LogP contribution is -2.06. The van der Waals surface area contributed by atoms with Crippen molar-refractivity contribution < 1.29 is 14.3 Å². The fraction of sp³-hybridized carbons (Fsp3) is 0.133. The monoisotopic (exact) mass is 291 g/mol. The number of anilines is 1. The zero-order valence-corrected chi connectivity index (χ0v) is 11.7. The highest BCUT2D eigenvalue weighted by molar-refractivity contribution is 6.30. The van der Waals surface area contributed by atoms with Crippen LogP contribution in [-0.4, -0.2) is 13.1 Å². The summed E-state index contributed by atoms with van der Waals surface area (Å²) in [6.45, 7) is 0.149. The van der Waals surface area contributed by atoms with Gasteiger partial charge in [0.2, 0.25) is 0 Å². The third kappa shape index (κ3) is 3.65. The molecule has 0 aromatic heterocycles. The fourth-order valence-electron chi connectivity index (χ4n) is 1.72. The van der Waals surface area contributed by atoms with Crippen molar-refractivity contribution in [2.75, 3.05) is 12.8 Å². The number of hydrogen-bond donors (Lipinski definition) is 1. The molecule has 0 saturated heterocycles. The number of benzene rings is 2. The van der Waals surface area contributed by atoms with E-state index in [-0.39, 0.29) is 6.61 Å². The van der Waals surface area contributed by atoms with Crippen LogP contribution >= 0.6 is 11.6 Å². The summed E-state index contributed by atoms with van der Waals surface area (Å²) < 4.78 is 10.3. The summed E-state index contributed by atoms with van der Waals surface area (Å²) in [6, 6.07) is 11.9. The SMILES string of the molecule is COc1cc(N)cc(C(=O)OCc2cccc(Cl)c2)c1. The van der Waals surface area contributed by atoms with Gasteiger partial charge in [0.05, 0.1) is 12.7 Å². The lowest BCUT2D eigenvalue weighted by molar-refractivity contribution is 0.0472. The molecule has 20 heavy (non-hydrogen) atoms. The van der Waals surface area contributed by atoms with Crippen LogP contribution in [0, 0.1) is 0 Å². The topological polar surface area (TPSA) is 61.5 Å². The van der Waals surface area contributed by atoms with Crippen LogP contribution in [0.5, 0.6) is 5.75 Å². The fourth-order valence-corrected chi connectivity index (χ4v) is 1.93. The number of nitrogen functional groups attached to an aromatic ring is 1. The Bertz CT molecular complexity index is 628. The molecule has 2 rings (SSSR count). The average Bonchev–Trinajstić information content (AvgIpc) is 2.44. The lowest BCUT2D eigenvalue weighted by atomic mass is 10.2. The van der Waals surface area contributed by atoms with Crippen LogP contribution in [0.15, 0.2) is 42.5 Å². The Morgan fingerprint density at radius 2 is 2.05 bits per heavy atom. The number of esters is 1. The second-order valence-corrected chi connectivity index (χ2v) is 4.64. The van der Waals surface area contributed by atoms with Crippen molar-refractivity contribution in [2.24, 2.45) is 0 Å². The molecule has 104 valence electrons. The minimum Gasteiger partial charge on any atom is -0.497 e. The second-order valence-electron chi connectivity index (χ2n) is 4.20. The van der Waals surface area contributed by atoms with E-state index in [1.54, 1.807) is 36.4 Å². The van der Waals surface area contributed by atoms with Gasteiger partial charge in [-0.15, -0.1) is 0 Å². The standard InChI is InChI=1S/C15H14ClNO3/c1-19-14-7-11(6-13(17)8-14)15(18)20-9-10-3-2-4-12(16)5-10/h2-8H,9,17H2,1H3. The average molecular weight is 292 g/mol. The van der Waals surface area contributed by atoms with Gasteiger partial charge >= 0.3 is 5.97 Å². The molecule has 0 spiro atoms. The molecule has 0 unspecified atom stereocenters. The molecule has 2 aromatic carbocycles. The highest BCUT2D eigenvalue weighted by atomic mass is 35.5. The first kappa shape index (κ1) is 14.2. The predicted molar refractivity (Wildman–Crippen MR) is 78.0 cm³/mol. The molecule has 4 nitrogen and oxygen atoms in total. The number of methoxy groups -OCH3 is 1. The lowest BCUT2D eigenvalue weighted by Gasteiger charge is -2.08. The molecule has 0 aliphatic carbocycles. The van der Waals surface area contributed by atoms with E-state index < -0.39 is 5.97 Å². The molecule has 2 aromatic rings. The van der Waals surface area contributed by atoms with E-state index in [0.717, 1.165) is 5.56 Å². The number of nitrogens with two attached hydrogens (primary N) is 1. The molecule has 0 atom stereocenters. The summed E-state index contributed by atoms with van der Waals surface area (Å²) in [7, 11) is 1.51. The maximum absolute atomic E-state index is 12.0. The van der Waals surface area contributed by atoms with E-state index in [9.17, 15) is 4.79 Å². The molecule has 0 heterocycles. The molecular weight excluding hydrogens is 278 g/mol. The van der Waals surface area contributed by atoms with Gasteiger partial charge in [-0.3, -0.25) is 0 Å². The van der Waals surface area contributed by atoms with Crippen LogP contribution in [0.3, 0.4) is 0 Å². The Kier molecular flexibility index (Phi) is 4.48. The molecule has 0 amide bonds. The number of halogens is 1. The molecule has 0 saturated carbocycles. The van der Waals surface area contributed by atoms with Crippen molar-refractivity contribution in [2.45, 2.75) is 6.61 Å². The van der Waals surface area contributed by atoms with Crippen molar-refractivity contribution in [1.29, 1.82) is 0 Å². The van der Waals surface area contributed by atoms with Crippen molar-refractivity contribution >= 4 is 23.3 Å². The smallest absolute Gasteiger partial charge is 0.338 e. The summed E-state index contributed by atoms with van der Waals surface area (Å²) in [6.07, 6.45) is 0. The minimum atomic E-state index is -0.462. The van der Waals surface area contributed by atoms with E-state index in [0.29, 0.717) is 22.0 Å². The first-order chi connectivity index (χ1) is 9.58. The van der Waals surface area contributed by atoms with Gasteiger partial charge in [0, 0.05) is 16.8 Å². The zero-order valence-electron chi connectivity index (χ0n) is 10.9. The molecule has 2 N–H and O–H groups in total. The molecule has 0 radical (unpaired) electrons. The van der Waals surface area contributed by atoms with Crippen LogP contribution in [-0.2, 0) is 11.3 Å². The minimum absolute atomic E-state index is 0.149. The maximum Gasteiger partial charge on any atom is 0.338 e. The second kappa shape index (κ2) is 6.30. The van der Waals surface area contributed by atoms with Crippen LogP contribution in [0.25, 0.3) is 0 Å². The summed E-state index contributed by atoms with van der Waals surface area (Å²) in [4.78, 5) is 12.0. The summed E-state index contributed by atoms with van der Waals surface area (Å²) >= 11 is 5.86. The third-order valence-electron chi connectivity index (χ3n) is 2.66. The molecule has 0 bridgehead atoms. The molecule has 5 heteroatoms. The zero-order chi connectivity index (χ0) is 14.5. The highest BCUT2D eigenvalue weighted by Gasteiger charge is 2.10. The Morgan fingerprint density at radius 3 is 2.75 bits per heavy atom. The van der Waals surface area contributed by atoms with Crippen LogP contribution < -0.4 is 10.5 Å². The van der Waals surface area contributed by atoms with Gasteiger partial charge < -0.3 is 15.2 Å². The summed E-state index contributed by atoms with van der Waals surface area (Å²) in [5, 5.41) is 0.601. The van der Waals surface area contributed by atoms with E-state index in [4.69, 9.17) is 26.8 Å². The van der Waals surface area contributed by atoms with Gasteiger partial charge in [0.15, 0.2) is 0 Å². The molecule has 0 aliphatic heterocycles. The summed E-state index contributed by atoms with van der Waals surface area (Å²) in [5.41, 5.74) is 7.31. The van der Waals surface area contributed by atoms with E-state index in [1.807, 2.05) is 6.07 Å². The Labute approximate surface area is 122 Å². The normalized spacial score (nSPS) is 10.1. The van der Waals surface area contributed by atoms with E-state index in [1.165, 1.54) is 7.11 Å². The van der Waals surface area contributed by atoms with Gasteiger partial charge in [0.25, 0.3) is 0 Å². The number of carbonyl (C=O) groups excluding carboxylic acids is 1. The molecule has 0 fully saturated rings. The van der Waals surface area contributed by atoms with Crippen molar-refractivity contribution in [3.63, 3.8) is 0 Å². The third-order valence-corrected chi connectivity index (χ3v) is 2.89. The number of hydrogen-bond acceptors (Lipinski definition) is 4. The van der Waals surface area contributed by atoms with Gasteiger partial charge in [-0.25, -0.2) is 4.79 Å². The van der Waals surface area contributed by atoms with Crippen molar-refractivity contribution in [3.8, 4) is 5.75 Å². The Morgan fingerprint density at radius 1 is 1.25 bits per heavy atom. The first-order valence-corrected chi connectivity index (χ1v) is 6.32. The van der Waals surface area contributed by atoms with Crippen LogP contribution in [0.4, 0.5) is 5.69 Å². The van der Waals surface area contributed by atoms with Crippen molar-refractivity contribution in [1.82, 2.24) is 0 Å². The van der Waals surface area contributed by atoms with Crippen LogP contribution in [0.2, 0.25) is 5.02 Å². The number of carbonyl (C=O) groups is 1. The summed E-state index contributed by atoms with van der Waals surface area (Å²) in [5.74, 6) is 0.0512. The maximum atomic E-state index is 12.0. The van der Waals surface area contributed by atoms with Gasteiger partial charge in [-0.2, -0.15) is 0 Å². The van der Waals surface area contributed by atoms with Crippen LogP contribution in [0.1, 0.15) is 15.9 Å².